The van der Waals surface area contributed by atoms with Crippen LogP contribution < -0.4 is 4.72 Å². The summed E-state index contributed by atoms with van der Waals surface area (Å²) in [6.07, 6.45) is 0. The average Bonchev–Trinajstić information content (AvgIpc) is 2.53. The second-order valence-electron chi connectivity index (χ2n) is 5.36. The summed E-state index contributed by atoms with van der Waals surface area (Å²) >= 11 is 0. The van der Waals surface area contributed by atoms with Gasteiger partial charge in [-0.3, -0.25) is 0 Å². The zero-order chi connectivity index (χ0) is 16.2. The standard InChI is InChI=1S/C17H18N2O2S/c1-13(2)17(14-8-4-3-5-9-14)19-22(20,21)16-11-7-6-10-15(16)12-18/h3-11,13,17,19H,1-2H3. The molecule has 114 valence electrons. The van der Waals surface area contributed by atoms with Gasteiger partial charge in [-0.2, -0.15) is 5.26 Å². The Morgan fingerprint density at radius 2 is 1.59 bits per heavy atom. The van der Waals surface area contributed by atoms with Crippen LogP contribution >= 0.6 is 0 Å². The monoisotopic (exact) mass is 314 g/mol. The largest absolute Gasteiger partial charge is 0.242 e. The molecule has 0 aliphatic carbocycles. The van der Waals surface area contributed by atoms with Crippen molar-refractivity contribution in [3.05, 3.63) is 65.7 Å². The molecule has 1 unspecified atom stereocenters. The Morgan fingerprint density at radius 3 is 2.18 bits per heavy atom. The first kappa shape index (κ1) is 16.2. The minimum absolute atomic E-state index is 0.0130. The zero-order valence-electron chi connectivity index (χ0n) is 12.5. The van der Waals surface area contributed by atoms with E-state index >= 15 is 0 Å². The highest BCUT2D eigenvalue weighted by molar-refractivity contribution is 7.89. The van der Waals surface area contributed by atoms with Crippen molar-refractivity contribution in [3.63, 3.8) is 0 Å². The van der Waals surface area contributed by atoms with E-state index in [0.29, 0.717) is 0 Å². The van der Waals surface area contributed by atoms with Crippen LogP contribution in [0.2, 0.25) is 0 Å². The quantitative estimate of drug-likeness (QED) is 0.921. The number of nitrogens with zero attached hydrogens (tertiary/aromatic N) is 1. The van der Waals surface area contributed by atoms with Gasteiger partial charge in [0.2, 0.25) is 10.0 Å². The Bertz CT molecular complexity index is 778. The van der Waals surface area contributed by atoms with E-state index in [0.717, 1.165) is 5.56 Å². The summed E-state index contributed by atoms with van der Waals surface area (Å²) in [6.45, 7) is 3.91. The van der Waals surface area contributed by atoms with Gasteiger partial charge in [0.05, 0.1) is 10.5 Å². The topological polar surface area (TPSA) is 70.0 Å². The van der Waals surface area contributed by atoms with Gasteiger partial charge in [0.1, 0.15) is 6.07 Å². The van der Waals surface area contributed by atoms with Gasteiger partial charge >= 0.3 is 0 Å². The van der Waals surface area contributed by atoms with Gasteiger partial charge in [0, 0.05) is 6.04 Å². The molecule has 2 rings (SSSR count). The van der Waals surface area contributed by atoms with Crippen LogP contribution in [0.1, 0.15) is 31.0 Å². The van der Waals surface area contributed by atoms with E-state index in [4.69, 9.17) is 5.26 Å². The molecule has 0 bridgehead atoms. The van der Waals surface area contributed by atoms with E-state index in [9.17, 15) is 8.42 Å². The molecule has 22 heavy (non-hydrogen) atoms. The average molecular weight is 314 g/mol. The molecule has 0 aliphatic rings. The normalized spacial score (nSPS) is 12.8. The Labute approximate surface area is 131 Å². The summed E-state index contributed by atoms with van der Waals surface area (Å²) in [5.74, 6) is 0.0754. The van der Waals surface area contributed by atoms with Gasteiger partial charge in [-0.25, -0.2) is 13.1 Å². The molecule has 5 heteroatoms. The lowest BCUT2D eigenvalue weighted by molar-refractivity contribution is 0.463. The Kier molecular flexibility index (Phi) is 4.96. The van der Waals surface area contributed by atoms with Crippen molar-refractivity contribution in [1.29, 1.82) is 5.26 Å². The third-order valence-electron chi connectivity index (χ3n) is 3.40. The van der Waals surface area contributed by atoms with Crippen LogP contribution in [-0.4, -0.2) is 8.42 Å². The van der Waals surface area contributed by atoms with E-state index < -0.39 is 10.0 Å². The van der Waals surface area contributed by atoms with Crippen molar-refractivity contribution in [1.82, 2.24) is 4.72 Å². The maximum absolute atomic E-state index is 12.6. The Morgan fingerprint density at radius 1 is 1.00 bits per heavy atom. The number of sulfonamides is 1. The van der Waals surface area contributed by atoms with Gasteiger partial charge in [0.25, 0.3) is 0 Å². The molecule has 0 aromatic heterocycles. The highest BCUT2D eigenvalue weighted by Crippen LogP contribution is 2.25. The molecule has 0 aliphatic heterocycles. The predicted molar refractivity (Wildman–Crippen MR) is 85.5 cm³/mol. The molecule has 0 saturated carbocycles. The summed E-state index contributed by atoms with van der Waals surface area (Å²) in [5, 5.41) is 9.10. The molecule has 0 heterocycles. The lowest BCUT2D eigenvalue weighted by Gasteiger charge is -2.23. The molecule has 0 saturated heterocycles. The van der Waals surface area contributed by atoms with E-state index in [1.54, 1.807) is 12.1 Å². The van der Waals surface area contributed by atoms with E-state index in [1.807, 2.05) is 50.2 Å². The van der Waals surface area contributed by atoms with Crippen LogP contribution in [0, 0.1) is 17.2 Å². The predicted octanol–water partition coefficient (Wildman–Crippen LogP) is 3.23. The number of hydrogen-bond acceptors (Lipinski definition) is 3. The van der Waals surface area contributed by atoms with Crippen molar-refractivity contribution in [3.8, 4) is 6.07 Å². The number of nitrogens with one attached hydrogen (secondary N) is 1. The first-order valence-corrected chi connectivity index (χ1v) is 8.50. The van der Waals surface area contributed by atoms with E-state index in [-0.39, 0.29) is 22.4 Å². The molecule has 0 spiro atoms. The minimum Gasteiger partial charge on any atom is -0.207 e. The molecular formula is C17H18N2O2S. The molecule has 0 amide bonds. The molecule has 1 N–H and O–H groups in total. The highest BCUT2D eigenvalue weighted by atomic mass is 32.2. The van der Waals surface area contributed by atoms with E-state index in [2.05, 4.69) is 4.72 Å². The summed E-state index contributed by atoms with van der Waals surface area (Å²) < 4.78 is 28.0. The summed E-state index contributed by atoms with van der Waals surface area (Å²) in [6, 6.07) is 17.2. The lowest BCUT2D eigenvalue weighted by Crippen LogP contribution is -2.32. The fourth-order valence-electron chi connectivity index (χ4n) is 2.27. The van der Waals surface area contributed by atoms with Gasteiger partial charge < -0.3 is 0 Å². The third-order valence-corrected chi connectivity index (χ3v) is 4.90. The number of rotatable bonds is 5. The van der Waals surface area contributed by atoms with Crippen LogP contribution in [0.4, 0.5) is 0 Å². The van der Waals surface area contributed by atoms with Gasteiger partial charge in [-0.1, -0.05) is 56.3 Å². The van der Waals surface area contributed by atoms with Gasteiger partial charge in [0.15, 0.2) is 0 Å². The number of nitriles is 1. The zero-order valence-corrected chi connectivity index (χ0v) is 13.3. The number of benzene rings is 2. The van der Waals surface area contributed by atoms with Crippen LogP contribution in [0.25, 0.3) is 0 Å². The molecule has 0 fully saturated rings. The van der Waals surface area contributed by atoms with Crippen molar-refractivity contribution in [2.75, 3.05) is 0 Å². The summed E-state index contributed by atoms with van der Waals surface area (Å²) in [7, 11) is -3.77. The van der Waals surface area contributed by atoms with Crippen molar-refractivity contribution in [2.45, 2.75) is 24.8 Å². The SMILES string of the molecule is CC(C)C(NS(=O)(=O)c1ccccc1C#N)c1ccccc1. The number of hydrogen-bond donors (Lipinski definition) is 1. The summed E-state index contributed by atoms with van der Waals surface area (Å²) in [4.78, 5) is 0.0130. The van der Waals surface area contributed by atoms with Gasteiger partial charge in [-0.05, 0) is 23.6 Å². The Balaban J connectivity index is 2.40. The molecular weight excluding hydrogens is 296 g/mol. The second kappa shape index (κ2) is 6.73. The van der Waals surface area contributed by atoms with Crippen LogP contribution in [0.5, 0.6) is 0 Å². The first-order chi connectivity index (χ1) is 10.5. The van der Waals surface area contributed by atoms with Crippen LogP contribution in [-0.2, 0) is 10.0 Å². The minimum atomic E-state index is -3.77. The molecule has 2 aromatic carbocycles. The lowest BCUT2D eigenvalue weighted by atomic mass is 9.97. The maximum atomic E-state index is 12.6. The molecule has 2 aromatic rings. The maximum Gasteiger partial charge on any atom is 0.242 e. The van der Waals surface area contributed by atoms with Crippen molar-refractivity contribution < 1.29 is 8.42 Å². The highest BCUT2D eigenvalue weighted by Gasteiger charge is 2.25. The second-order valence-corrected chi connectivity index (χ2v) is 7.04. The fraction of sp³-hybridized carbons (Fsp3) is 0.235. The summed E-state index contributed by atoms with van der Waals surface area (Å²) in [5.41, 5.74) is 1.04. The van der Waals surface area contributed by atoms with Crippen molar-refractivity contribution in [2.24, 2.45) is 5.92 Å². The van der Waals surface area contributed by atoms with Gasteiger partial charge in [-0.15, -0.1) is 0 Å². The molecule has 4 nitrogen and oxygen atoms in total. The molecule has 1 atom stereocenters. The van der Waals surface area contributed by atoms with Crippen LogP contribution in [0.3, 0.4) is 0 Å². The molecule has 0 radical (unpaired) electrons. The fourth-order valence-corrected chi connectivity index (χ4v) is 3.80. The Hall–Kier alpha value is -2.16. The third kappa shape index (κ3) is 3.53. The van der Waals surface area contributed by atoms with Crippen LogP contribution in [0.15, 0.2) is 59.5 Å². The first-order valence-electron chi connectivity index (χ1n) is 7.02. The van der Waals surface area contributed by atoms with Crippen molar-refractivity contribution >= 4 is 10.0 Å². The van der Waals surface area contributed by atoms with E-state index in [1.165, 1.54) is 12.1 Å². The smallest absolute Gasteiger partial charge is 0.207 e.